The molecule has 0 bridgehead atoms. The summed E-state index contributed by atoms with van der Waals surface area (Å²) in [6.07, 6.45) is 3.72. The van der Waals surface area contributed by atoms with Gasteiger partial charge in [0.15, 0.2) is 0 Å². The summed E-state index contributed by atoms with van der Waals surface area (Å²) in [5, 5.41) is 5.31. The van der Waals surface area contributed by atoms with Gasteiger partial charge in [0.1, 0.15) is 0 Å². The summed E-state index contributed by atoms with van der Waals surface area (Å²) in [5.74, 6) is -1.36. The summed E-state index contributed by atoms with van der Waals surface area (Å²) in [5.41, 5.74) is 3.45. The first-order valence-corrected chi connectivity index (χ1v) is 10.4. The molecule has 0 aromatic heterocycles. The van der Waals surface area contributed by atoms with Gasteiger partial charge in [-0.1, -0.05) is 0 Å². The van der Waals surface area contributed by atoms with E-state index in [4.69, 9.17) is 0 Å². The molecule has 0 atom stereocenters. The Balaban J connectivity index is 1.54. The fourth-order valence-corrected chi connectivity index (χ4v) is 3.63. The van der Waals surface area contributed by atoms with Crippen LogP contribution in [0.3, 0.4) is 0 Å². The molecule has 3 rings (SSSR count). The van der Waals surface area contributed by atoms with Gasteiger partial charge in [-0.3, -0.25) is 9.59 Å². The monoisotopic (exact) mass is 394 g/mol. The van der Waals surface area contributed by atoms with Crippen molar-refractivity contribution in [3.63, 3.8) is 0 Å². The number of nitrogens with zero attached hydrogens (tertiary/aromatic N) is 2. The van der Waals surface area contributed by atoms with E-state index in [1.807, 2.05) is 48.5 Å². The SMILES string of the molecule is CCN(CC)c1ccc(NC(=O)C(=O)Nc2ccc(N3CCCCC3)cc2)cc1. The van der Waals surface area contributed by atoms with E-state index in [0.717, 1.165) is 37.6 Å². The van der Waals surface area contributed by atoms with E-state index >= 15 is 0 Å². The molecule has 2 aromatic carbocycles. The lowest BCUT2D eigenvalue weighted by Crippen LogP contribution is -2.30. The zero-order valence-electron chi connectivity index (χ0n) is 17.3. The lowest BCUT2D eigenvalue weighted by molar-refractivity contribution is -0.132. The molecule has 6 nitrogen and oxygen atoms in total. The second kappa shape index (κ2) is 9.96. The maximum Gasteiger partial charge on any atom is 0.314 e. The number of amides is 2. The van der Waals surface area contributed by atoms with Crippen LogP contribution < -0.4 is 20.4 Å². The number of anilines is 4. The molecule has 1 aliphatic rings. The van der Waals surface area contributed by atoms with Gasteiger partial charge < -0.3 is 20.4 Å². The summed E-state index contributed by atoms with van der Waals surface area (Å²) in [6, 6.07) is 15.2. The van der Waals surface area contributed by atoms with Crippen LogP contribution in [0.1, 0.15) is 33.1 Å². The van der Waals surface area contributed by atoms with Crippen molar-refractivity contribution in [2.75, 3.05) is 46.6 Å². The number of nitrogens with one attached hydrogen (secondary N) is 2. The third kappa shape index (κ3) is 5.50. The van der Waals surface area contributed by atoms with Gasteiger partial charge in [-0.15, -0.1) is 0 Å². The molecule has 1 fully saturated rings. The molecule has 0 saturated carbocycles. The Labute approximate surface area is 172 Å². The summed E-state index contributed by atoms with van der Waals surface area (Å²) in [6.45, 7) is 8.18. The van der Waals surface area contributed by atoms with Crippen LogP contribution in [-0.2, 0) is 9.59 Å². The molecule has 6 heteroatoms. The first-order chi connectivity index (χ1) is 14.1. The third-order valence-electron chi connectivity index (χ3n) is 5.31. The van der Waals surface area contributed by atoms with Crippen molar-refractivity contribution in [2.45, 2.75) is 33.1 Å². The van der Waals surface area contributed by atoms with Crippen LogP contribution in [0.25, 0.3) is 0 Å². The third-order valence-corrected chi connectivity index (χ3v) is 5.31. The smallest absolute Gasteiger partial charge is 0.314 e. The van der Waals surface area contributed by atoms with E-state index in [2.05, 4.69) is 34.3 Å². The minimum absolute atomic E-state index is 0.599. The average Bonchev–Trinajstić information content (AvgIpc) is 2.77. The first-order valence-electron chi connectivity index (χ1n) is 10.4. The lowest BCUT2D eigenvalue weighted by atomic mass is 10.1. The predicted molar refractivity (Wildman–Crippen MR) is 120 cm³/mol. The maximum atomic E-state index is 12.2. The fraction of sp³-hybridized carbons (Fsp3) is 0.391. The van der Waals surface area contributed by atoms with Crippen molar-refractivity contribution in [1.29, 1.82) is 0 Å². The van der Waals surface area contributed by atoms with Crippen LogP contribution in [0.2, 0.25) is 0 Å². The molecule has 0 aliphatic carbocycles. The number of carbonyl (C=O) groups is 2. The van der Waals surface area contributed by atoms with Crippen molar-refractivity contribution in [3.05, 3.63) is 48.5 Å². The molecule has 0 unspecified atom stereocenters. The summed E-state index contributed by atoms with van der Waals surface area (Å²) in [4.78, 5) is 29.0. The zero-order chi connectivity index (χ0) is 20.6. The van der Waals surface area contributed by atoms with Gasteiger partial charge in [-0.05, 0) is 81.6 Å². The fourth-order valence-electron chi connectivity index (χ4n) is 3.63. The Morgan fingerprint density at radius 2 is 1.28 bits per heavy atom. The Morgan fingerprint density at radius 1 is 0.793 bits per heavy atom. The number of rotatable bonds is 6. The van der Waals surface area contributed by atoms with E-state index in [0.29, 0.717) is 11.4 Å². The Kier molecular flexibility index (Phi) is 7.11. The molecule has 154 valence electrons. The topological polar surface area (TPSA) is 64.7 Å². The highest BCUT2D eigenvalue weighted by molar-refractivity contribution is 6.43. The van der Waals surface area contributed by atoms with Gasteiger partial charge in [-0.2, -0.15) is 0 Å². The number of hydrogen-bond acceptors (Lipinski definition) is 4. The Bertz CT molecular complexity index is 808. The molecule has 1 heterocycles. The van der Waals surface area contributed by atoms with Crippen LogP contribution in [0.5, 0.6) is 0 Å². The minimum Gasteiger partial charge on any atom is -0.372 e. The van der Waals surface area contributed by atoms with Crippen molar-refractivity contribution < 1.29 is 9.59 Å². The van der Waals surface area contributed by atoms with Crippen molar-refractivity contribution in [3.8, 4) is 0 Å². The maximum absolute atomic E-state index is 12.2. The van der Waals surface area contributed by atoms with Gasteiger partial charge in [0.2, 0.25) is 0 Å². The molecular formula is C23H30N4O2. The molecule has 1 aliphatic heterocycles. The van der Waals surface area contributed by atoms with Crippen molar-refractivity contribution >= 4 is 34.6 Å². The van der Waals surface area contributed by atoms with Gasteiger partial charge >= 0.3 is 11.8 Å². The molecule has 1 saturated heterocycles. The number of carbonyl (C=O) groups excluding carboxylic acids is 2. The van der Waals surface area contributed by atoms with Gasteiger partial charge in [-0.25, -0.2) is 0 Å². The average molecular weight is 395 g/mol. The van der Waals surface area contributed by atoms with Crippen LogP contribution in [0, 0.1) is 0 Å². The molecule has 2 N–H and O–H groups in total. The Morgan fingerprint density at radius 3 is 1.76 bits per heavy atom. The van der Waals surface area contributed by atoms with Crippen LogP contribution in [-0.4, -0.2) is 38.0 Å². The van der Waals surface area contributed by atoms with E-state index in [1.54, 1.807) is 0 Å². The number of benzene rings is 2. The van der Waals surface area contributed by atoms with E-state index in [1.165, 1.54) is 19.3 Å². The summed E-state index contributed by atoms with van der Waals surface area (Å²) in [7, 11) is 0. The second-order valence-corrected chi connectivity index (χ2v) is 7.22. The molecular weight excluding hydrogens is 364 g/mol. The first kappa shape index (κ1) is 20.7. The summed E-state index contributed by atoms with van der Waals surface area (Å²) < 4.78 is 0. The molecule has 2 aromatic rings. The summed E-state index contributed by atoms with van der Waals surface area (Å²) >= 11 is 0. The van der Waals surface area contributed by atoms with E-state index in [-0.39, 0.29) is 0 Å². The van der Waals surface area contributed by atoms with Gasteiger partial charge in [0, 0.05) is 48.9 Å². The van der Waals surface area contributed by atoms with Gasteiger partial charge in [0.25, 0.3) is 0 Å². The number of piperidine rings is 1. The Hall–Kier alpha value is -3.02. The van der Waals surface area contributed by atoms with E-state index in [9.17, 15) is 9.59 Å². The van der Waals surface area contributed by atoms with E-state index < -0.39 is 11.8 Å². The highest BCUT2D eigenvalue weighted by Crippen LogP contribution is 2.22. The standard InChI is InChI=1S/C23H30N4O2/c1-3-26(4-2)20-12-8-18(9-13-20)24-22(28)23(29)25-19-10-14-21(15-11-19)27-16-6-5-7-17-27/h8-15H,3-7,16-17H2,1-2H3,(H,24,28)(H,25,29). The zero-order valence-corrected chi connectivity index (χ0v) is 17.3. The van der Waals surface area contributed by atoms with Crippen LogP contribution >= 0.6 is 0 Å². The predicted octanol–water partition coefficient (Wildman–Crippen LogP) is 4.10. The van der Waals surface area contributed by atoms with Crippen molar-refractivity contribution in [2.24, 2.45) is 0 Å². The highest BCUT2D eigenvalue weighted by atomic mass is 16.2. The van der Waals surface area contributed by atoms with Crippen LogP contribution in [0.4, 0.5) is 22.7 Å². The van der Waals surface area contributed by atoms with Gasteiger partial charge in [0.05, 0.1) is 0 Å². The molecule has 2 amide bonds. The second-order valence-electron chi connectivity index (χ2n) is 7.22. The molecule has 0 radical (unpaired) electrons. The normalized spacial score (nSPS) is 13.7. The molecule has 0 spiro atoms. The quantitative estimate of drug-likeness (QED) is 0.724. The van der Waals surface area contributed by atoms with Crippen LogP contribution in [0.15, 0.2) is 48.5 Å². The van der Waals surface area contributed by atoms with Crippen molar-refractivity contribution in [1.82, 2.24) is 0 Å². The lowest BCUT2D eigenvalue weighted by Gasteiger charge is -2.28. The largest absolute Gasteiger partial charge is 0.372 e. The molecule has 29 heavy (non-hydrogen) atoms. The minimum atomic E-state index is -0.680. The number of hydrogen-bond donors (Lipinski definition) is 2. The highest BCUT2D eigenvalue weighted by Gasteiger charge is 2.15.